The molecule has 1 fully saturated rings. The highest BCUT2D eigenvalue weighted by molar-refractivity contribution is 6.25. The Kier molecular flexibility index (Phi) is 18.4. The van der Waals surface area contributed by atoms with Crippen molar-refractivity contribution in [2.45, 2.75) is 102 Å². The van der Waals surface area contributed by atoms with Gasteiger partial charge in [-0.15, -0.1) is 0 Å². The number of nitrogen functional groups attached to an aromatic ring is 2. The van der Waals surface area contributed by atoms with Crippen LogP contribution in [0.4, 0.5) is 23.1 Å². The van der Waals surface area contributed by atoms with Crippen molar-refractivity contribution in [1.82, 2.24) is 46.1 Å². The van der Waals surface area contributed by atoms with Gasteiger partial charge in [0, 0.05) is 56.3 Å². The zero-order valence-electron chi connectivity index (χ0n) is 40.3. The number of anilines is 4. The van der Waals surface area contributed by atoms with Gasteiger partial charge in [-0.3, -0.25) is 43.8 Å². The summed E-state index contributed by atoms with van der Waals surface area (Å²) in [7, 11) is 4.13. The Bertz CT molecular complexity index is 2700. The highest BCUT2D eigenvalue weighted by Crippen LogP contribution is 2.32. The second-order valence-electron chi connectivity index (χ2n) is 17.2. The molecule has 24 nitrogen and oxygen atoms in total. The average molecular weight is 994 g/mol. The van der Waals surface area contributed by atoms with Crippen LogP contribution in [-0.4, -0.2) is 131 Å². The second-order valence-corrected chi connectivity index (χ2v) is 17.2. The molecular weight excluding hydrogens is 935 g/mol. The lowest BCUT2D eigenvalue weighted by atomic mass is 10.0. The Morgan fingerprint density at radius 3 is 2.14 bits per heavy atom. The molecule has 7 amide bonds. The van der Waals surface area contributed by atoms with Crippen LogP contribution in [0.1, 0.15) is 114 Å². The lowest BCUT2D eigenvalue weighted by Crippen LogP contribution is -2.54. The molecule has 0 aliphatic carbocycles. The zero-order chi connectivity index (χ0) is 51.9. The van der Waals surface area contributed by atoms with Gasteiger partial charge in [0.25, 0.3) is 17.7 Å². The third kappa shape index (κ3) is 13.7. The first-order chi connectivity index (χ1) is 34.6. The molecule has 72 heavy (non-hydrogen) atoms. The number of piperidine rings is 1. The minimum Gasteiger partial charge on any atom is -0.467 e. The minimum absolute atomic E-state index is 0.00765. The molecule has 4 heterocycles. The van der Waals surface area contributed by atoms with E-state index in [0.717, 1.165) is 63.3 Å². The number of methoxy groups -OCH3 is 2. The largest absolute Gasteiger partial charge is 0.467 e. The van der Waals surface area contributed by atoms with Crippen molar-refractivity contribution in [3.05, 3.63) is 71.0 Å². The number of nitrogens with one attached hydrogen (secondary N) is 5. The van der Waals surface area contributed by atoms with Crippen molar-refractivity contribution in [2.24, 2.45) is 0 Å². The highest BCUT2D eigenvalue weighted by Gasteiger charge is 2.45. The van der Waals surface area contributed by atoms with Gasteiger partial charge in [-0.2, -0.15) is 9.97 Å². The summed E-state index contributed by atoms with van der Waals surface area (Å²) in [6, 6.07) is 8.14. The predicted molar refractivity (Wildman–Crippen MR) is 261 cm³/mol. The van der Waals surface area contributed by atoms with Gasteiger partial charge < -0.3 is 47.1 Å². The molecule has 4 aromatic rings. The summed E-state index contributed by atoms with van der Waals surface area (Å²) in [4.78, 5) is 134. The molecule has 2 aromatic carbocycles. The Morgan fingerprint density at radius 1 is 0.806 bits per heavy atom. The Balaban J connectivity index is 0.853. The molecule has 2 aliphatic heterocycles. The van der Waals surface area contributed by atoms with Gasteiger partial charge in [0.05, 0.1) is 43.8 Å². The van der Waals surface area contributed by atoms with E-state index in [0.29, 0.717) is 36.5 Å². The molecule has 2 aliphatic rings. The second kappa shape index (κ2) is 25.0. The molecule has 24 heteroatoms. The third-order valence-electron chi connectivity index (χ3n) is 12.1. The number of benzene rings is 2. The molecule has 0 saturated carbocycles. The maximum atomic E-state index is 13.3. The Hall–Kier alpha value is -8.31. The van der Waals surface area contributed by atoms with Crippen molar-refractivity contribution < 1.29 is 52.6 Å². The van der Waals surface area contributed by atoms with Crippen molar-refractivity contribution in [2.75, 3.05) is 56.0 Å². The van der Waals surface area contributed by atoms with Gasteiger partial charge in [0.2, 0.25) is 29.6 Å². The molecular formula is C48H59N13O11. The molecule has 2 aromatic heterocycles. The average Bonchev–Trinajstić information content (AvgIpc) is 3.62. The number of unbranched alkanes of at least 4 members (excludes halogenated alkanes) is 5. The number of hydrogen-bond acceptors (Lipinski definition) is 19. The molecule has 3 atom stereocenters. The van der Waals surface area contributed by atoms with E-state index in [1.54, 1.807) is 48.7 Å². The monoisotopic (exact) mass is 993 g/mol. The number of carbonyl (C=O) groups excluding carboxylic acids is 9. The smallest absolute Gasteiger partial charge is 0.328 e. The van der Waals surface area contributed by atoms with Gasteiger partial charge in [-0.1, -0.05) is 31.7 Å². The summed E-state index contributed by atoms with van der Waals surface area (Å²) >= 11 is 0. The fourth-order valence-electron chi connectivity index (χ4n) is 8.26. The van der Waals surface area contributed by atoms with Gasteiger partial charge in [0.15, 0.2) is 17.0 Å². The summed E-state index contributed by atoms with van der Waals surface area (Å²) in [5.74, 6) is -5.15. The van der Waals surface area contributed by atoms with E-state index in [2.05, 4.69) is 46.5 Å². The number of aromatic nitrogens is 4. The van der Waals surface area contributed by atoms with E-state index in [1.165, 1.54) is 0 Å². The highest BCUT2D eigenvalue weighted by atomic mass is 16.5. The predicted octanol–water partition coefficient (Wildman–Crippen LogP) is 1.68. The van der Waals surface area contributed by atoms with E-state index < -0.39 is 65.5 Å². The summed E-state index contributed by atoms with van der Waals surface area (Å²) in [6.07, 6.45) is 6.28. The number of carbonyl (C=O) groups is 9. The number of nitrogens with zero attached hydrogens (tertiary/aromatic N) is 6. The van der Waals surface area contributed by atoms with Crippen LogP contribution in [0.25, 0.3) is 11.2 Å². The topological polar surface area (TPSA) is 342 Å². The van der Waals surface area contributed by atoms with E-state index in [1.807, 2.05) is 11.9 Å². The van der Waals surface area contributed by atoms with Crippen LogP contribution in [0.5, 0.6) is 0 Å². The zero-order valence-corrected chi connectivity index (χ0v) is 40.3. The number of ether oxygens (including phenoxy) is 2. The van der Waals surface area contributed by atoms with Crippen LogP contribution >= 0.6 is 0 Å². The molecule has 0 radical (unpaired) electrons. The van der Waals surface area contributed by atoms with E-state index in [-0.39, 0.29) is 78.5 Å². The summed E-state index contributed by atoms with van der Waals surface area (Å²) < 4.78 is 9.73. The molecule has 9 N–H and O–H groups in total. The lowest BCUT2D eigenvalue weighted by molar-refractivity contribution is -0.146. The minimum atomic E-state index is -1.20. The van der Waals surface area contributed by atoms with Gasteiger partial charge in [-0.25, -0.2) is 19.6 Å². The number of fused-ring (bicyclic) bond motifs is 2. The van der Waals surface area contributed by atoms with Crippen molar-refractivity contribution in [1.29, 1.82) is 0 Å². The Labute approximate surface area is 414 Å². The lowest BCUT2D eigenvalue weighted by Gasteiger charge is -2.27. The number of rotatable bonds is 25. The van der Waals surface area contributed by atoms with Gasteiger partial charge in [0.1, 0.15) is 18.1 Å². The number of amides is 7. The molecule has 1 unspecified atom stereocenters. The summed E-state index contributed by atoms with van der Waals surface area (Å²) in [5.41, 5.74) is 14.7. The Morgan fingerprint density at radius 2 is 1.46 bits per heavy atom. The molecule has 1 saturated heterocycles. The fourth-order valence-corrected chi connectivity index (χ4v) is 8.26. The van der Waals surface area contributed by atoms with Gasteiger partial charge >= 0.3 is 11.9 Å². The maximum Gasteiger partial charge on any atom is 0.328 e. The van der Waals surface area contributed by atoms with Crippen LogP contribution in [-0.2, 0) is 44.8 Å². The summed E-state index contributed by atoms with van der Waals surface area (Å²) in [5, 5.41) is 13.5. The van der Waals surface area contributed by atoms with Crippen LogP contribution in [0, 0.1) is 0 Å². The molecule has 0 bridgehead atoms. The number of esters is 2. The van der Waals surface area contributed by atoms with Crippen LogP contribution in [0.2, 0.25) is 0 Å². The SMILES string of the molecule is COC(=O)[C@H](CCC(=O)NCCCCCCCCNc1cccc2c1C(=O)N(C1CCC(=O)NC1=O)C2=O)NC(=O)CC[C@H](NC(=O)c1ccc(N(C)Cc2cnc3nc(N)nc(N)c3n2)cc1)C(=O)OC. The quantitative estimate of drug-likeness (QED) is 0.0282. The summed E-state index contributed by atoms with van der Waals surface area (Å²) in [6.45, 7) is 1.31. The first-order valence-corrected chi connectivity index (χ1v) is 23.5. The normalized spacial score (nSPS) is 15.0. The van der Waals surface area contributed by atoms with Gasteiger partial charge in [-0.05, 0) is 68.5 Å². The fraction of sp³-hybridized carbons (Fsp3) is 0.438. The first-order valence-electron chi connectivity index (χ1n) is 23.5. The van der Waals surface area contributed by atoms with Crippen molar-refractivity contribution in [3.63, 3.8) is 0 Å². The standard InChI is InChI=1S/C48H59N13O11/c1-60(26-28-25-53-41-39(54-28)40(49)58-48(50)59-41)29-15-13-27(14-16-29)42(65)56-33(47(70)72-3)18-21-36(63)55-32(46(69)71-2)17-20-35(62)52-24-9-7-5-4-6-8-23-51-31-12-10-11-30-38(31)45(68)61(44(30)67)34-19-22-37(64)57-43(34)66/h10-16,25,32-34,51H,4-9,17-24,26H2,1-3H3,(H,52,62)(H,55,63)(H,56,65)(H,57,64,66)(H4,49,50,53,58,59)/t32-,33-,34?/m0/s1. The van der Waals surface area contributed by atoms with Crippen molar-refractivity contribution in [3.8, 4) is 0 Å². The molecule has 0 spiro atoms. The number of hydrogen-bond donors (Lipinski definition) is 7. The number of nitrogens with two attached hydrogens (primary N) is 2. The first kappa shape index (κ1) is 53.0. The third-order valence-corrected chi connectivity index (χ3v) is 12.1. The van der Waals surface area contributed by atoms with E-state index in [4.69, 9.17) is 20.9 Å². The van der Waals surface area contributed by atoms with Crippen LogP contribution in [0.15, 0.2) is 48.7 Å². The van der Waals surface area contributed by atoms with Crippen LogP contribution < -0.4 is 43.0 Å². The van der Waals surface area contributed by atoms with Crippen molar-refractivity contribution >= 4 is 87.6 Å². The van der Waals surface area contributed by atoms with Crippen LogP contribution in [0.3, 0.4) is 0 Å². The van der Waals surface area contributed by atoms with E-state index in [9.17, 15) is 43.2 Å². The maximum absolute atomic E-state index is 13.3. The van der Waals surface area contributed by atoms with E-state index >= 15 is 0 Å². The molecule has 382 valence electrons. The number of imide groups is 2. The molecule has 6 rings (SSSR count).